The van der Waals surface area contributed by atoms with Crippen molar-refractivity contribution in [3.8, 4) is 0 Å². The highest BCUT2D eigenvalue weighted by atomic mass is 35.5. The fourth-order valence-corrected chi connectivity index (χ4v) is 7.40. The monoisotopic (exact) mass is 678 g/mol. The standard InChI is InChI=1S/C34H43Cl2F3N6O/c1-32(2,3)18-40-17-20-5-10-24(35)29(28(20)36)43-31-42-25-15-23(30(46)41-22-8-6-21(7-9-22)34(37,38)39)26(16-27(25)44(31)4)45-14-13-33(19-45)11-12-33/h5,10,15-16,21-22,40H,6-9,11-14,17-19H2,1-4H3,(H,41,46)(H,42,43). The highest BCUT2D eigenvalue weighted by Gasteiger charge is 2.48. The molecule has 3 fully saturated rings. The Kier molecular flexibility index (Phi) is 8.95. The fourth-order valence-electron chi connectivity index (χ4n) is 6.87. The number of hydrogen-bond donors (Lipinski definition) is 3. The van der Waals surface area contributed by atoms with Gasteiger partial charge in [0.1, 0.15) is 0 Å². The number of aromatic nitrogens is 2. The van der Waals surface area contributed by atoms with Crippen LogP contribution in [0.2, 0.25) is 10.0 Å². The summed E-state index contributed by atoms with van der Waals surface area (Å²) in [5, 5.41) is 10.8. The number of alkyl halides is 3. The lowest BCUT2D eigenvalue weighted by Gasteiger charge is -2.30. The quantitative estimate of drug-likeness (QED) is 0.223. The van der Waals surface area contributed by atoms with Crippen molar-refractivity contribution in [1.82, 2.24) is 20.2 Å². The summed E-state index contributed by atoms with van der Waals surface area (Å²) < 4.78 is 41.6. The Labute approximate surface area is 278 Å². The maximum Gasteiger partial charge on any atom is 0.391 e. The van der Waals surface area contributed by atoms with Gasteiger partial charge in [-0.25, -0.2) is 4.98 Å². The van der Waals surface area contributed by atoms with Crippen molar-refractivity contribution >= 4 is 57.5 Å². The second-order valence-electron chi connectivity index (χ2n) is 14.8. The minimum Gasteiger partial charge on any atom is -0.370 e. The zero-order valence-electron chi connectivity index (χ0n) is 26.9. The number of rotatable bonds is 8. The van der Waals surface area contributed by atoms with Gasteiger partial charge in [0.15, 0.2) is 0 Å². The lowest BCUT2D eigenvalue weighted by Crippen LogP contribution is -2.40. The summed E-state index contributed by atoms with van der Waals surface area (Å²) >= 11 is 13.5. The summed E-state index contributed by atoms with van der Waals surface area (Å²) in [5.41, 5.74) is 4.71. The van der Waals surface area contributed by atoms with Gasteiger partial charge in [-0.05, 0) is 79.5 Å². The summed E-state index contributed by atoms with van der Waals surface area (Å²) in [4.78, 5) is 20.9. The highest BCUT2D eigenvalue weighted by molar-refractivity contribution is 6.39. The Morgan fingerprint density at radius 2 is 1.78 bits per heavy atom. The molecule has 3 aliphatic rings. The minimum atomic E-state index is -4.19. The summed E-state index contributed by atoms with van der Waals surface area (Å²) in [6, 6.07) is 7.26. The highest BCUT2D eigenvalue weighted by Crippen LogP contribution is 2.54. The van der Waals surface area contributed by atoms with Gasteiger partial charge in [0.2, 0.25) is 5.95 Å². The summed E-state index contributed by atoms with van der Waals surface area (Å²) in [6.07, 6.45) is -0.0281. The number of carbonyl (C=O) groups excluding carboxylic acids is 1. The zero-order chi connectivity index (χ0) is 33.0. The molecule has 250 valence electrons. The van der Waals surface area contributed by atoms with E-state index in [2.05, 4.69) is 41.6 Å². The Morgan fingerprint density at radius 3 is 2.41 bits per heavy atom. The molecule has 46 heavy (non-hydrogen) atoms. The van der Waals surface area contributed by atoms with Crippen LogP contribution in [0.4, 0.5) is 30.5 Å². The number of imidazole rings is 1. The molecule has 2 aromatic carbocycles. The Morgan fingerprint density at radius 1 is 1.07 bits per heavy atom. The number of hydrogen-bond acceptors (Lipinski definition) is 5. The molecule has 1 spiro atoms. The minimum absolute atomic E-state index is 0.0310. The Bertz CT molecular complexity index is 1620. The van der Waals surface area contributed by atoms with Crippen LogP contribution in [0.1, 0.15) is 81.6 Å². The second-order valence-corrected chi connectivity index (χ2v) is 15.6. The number of nitrogens with one attached hydrogen (secondary N) is 3. The van der Waals surface area contributed by atoms with Crippen LogP contribution in [0.3, 0.4) is 0 Å². The second kappa shape index (κ2) is 12.4. The van der Waals surface area contributed by atoms with Crippen LogP contribution in [0.25, 0.3) is 11.0 Å². The van der Waals surface area contributed by atoms with Crippen molar-refractivity contribution in [2.45, 2.75) is 84.5 Å². The van der Waals surface area contributed by atoms with Gasteiger partial charge in [-0.2, -0.15) is 13.2 Å². The zero-order valence-corrected chi connectivity index (χ0v) is 28.4. The van der Waals surface area contributed by atoms with Crippen molar-refractivity contribution < 1.29 is 18.0 Å². The number of halogens is 5. The summed E-state index contributed by atoms with van der Waals surface area (Å²) in [5.74, 6) is -1.05. The topological polar surface area (TPSA) is 74.2 Å². The molecule has 1 aliphatic heterocycles. The maximum absolute atomic E-state index is 13.8. The van der Waals surface area contributed by atoms with E-state index in [4.69, 9.17) is 28.2 Å². The first-order chi connectivity index (χ1) is 21.6. The van der Waals surface area contributed by atoms with Crippen LogP contribution in [-0.2, 0) is 13.6 Å². The summed E-state index contributed by atoms with van der Waals surface area (Å²) in [6.45, 7) is 9.65. The van der Waals surface area contributed by atoms with Crippen molar-refractivity contribution in [2.24, 2.45) is 23.8 Å². The maximum atomic E-state index is 13.8. The Hall–Kier alpha value is -2.69. The van der Waals surface area contributed by atoms with E-state index >= 15 is 0 Å². The van der Waals surface area contributed by atoms with E-state index < -0.39 is 12.1 Å². The van der Waals surface area contributed by atoms with Crippen LogP contribution in [-0.4, -0.2) is 47.3 Å². The molecule has 3 aromatic rings. The van der Waals surface area contributed by atoms with Gasteiger partial charge in [-0.1, -0.05) is 50.0 Å². The van der Waals surface area contributed by atoms with Gasteiger partial charge in [0.05, 0.1) is 43.9 Å². The lowest BCUT2D eigenvalue weighted by molar-refractivity contribution is -0.182. The van der Waals surface area contributed by atoms with Crippen molar-refractivity contribution in [3.05, 3.63) is 45.4 Å². The van der Waals surface area contributed by atoms with E-state index in [1.165, 1.54) is 12.8 Å². The molecule has 2 heterocycles. The molecule has 0 atom stereocenters. The predicted octanol–water partition coefficient (Wildman–Crippen LogP) is 8.60. The molecule has 1 saturated heterocycles. The molecule has 0 radical (unpaired) electrons. The van der Waals surface area contributed by atoms with E-state index in [-0.39, 0.29) is 30.2 Å². The molecule has 12 heteroatoms. The average Bonchev–Trinajstić information content (AvgIpc) is 3.50. The van der Waals surface area contributed by atoms with Gasteiger partial charge in [0.25, 0.3) is 5.91 Å². The Balaban J connectivity index is 1.28. The molecule has 2 aliphatic carbocycles. The van der Waals surface area contributed by atoms with Gasteiger partial charge >= 0.3 is 6.18 Å². The van der Waals surface area contributed by atoms with Crippen LogP contribution in [0, 0.1) is 16.7 Å². The van der Waals surface area contributed by atoms with Crippen LogP contribution in [0.5, 0.6) is 0 Å². The first-order valence-corrected chi connectivity index (χ1v) is 17.0. The molecule has 7 nitrogen and oxygen atoms in total. The molecule has 2 saturated carbocycles. The van der Waals surface area contributed by atoms with E-state index in [9.17, 15) is 18.0 Å². The first kappa shape index (κ1) is 33.2. The van der Waals surface area contributed by atoms with Crippen molar-refractivity contribution in [2.75, 3.05) is 29.9 Å². The number of benzene rings is 2. The van der Waals surface area contributed by atoms with Crippen molar-refractivity contribution in [3.63, 3.8) is 0 Å². The van der Waals surface area contributed by atoms with Crippen LogP contribution >= 0.6 is 23.2 Å². The molecular weight excluding hydrogens is 636 g/mol. The van der Waals surface area contributed by atoms with Crippen LogP contribution < -0.4 is 20.9 Å². The third-order valence-corrected chi connectivity index (χ3v) is 10.6. The number of nitrogens with zero attached hydrogens (tertiary/aromatic N) is 3. The largest absolute Gasteiger partial charge is 0.391 e. The first-order valence-electron chi connectivity index (χ1n) is 16.2. The van der Waals surface area contributed by atoms with E-state index in [1.54, 1.807) is 6.07 Å². The number of anilines is 3. The van der Waals surface area contributed by atoms with Gasteiger partial charge in [0, 0.05) is 39.3 Å². The molecule has 3 N–H and O–H groups in total. The van der Waals surface area contributed by atoms with Gasteiger partial charge in [-0.15, -0.1) is 0 Å². The van der Waals surface area contributed by atoms with Crippen LogP contribution in [0.15, 0.2) is 24.3 Å². The summed E-state index contributed by atoms with van der Waals surface area (Å²) in [7, 11) is 1.91. The van der Waals surface area contributed by atoms with E-state index in [0.717, 1.165) is 42.8 Å². The third kappa shape index (κ3) is 7.09. The van der Waals surface area contributed by atoms with Gasteiger partial charge in [-0.3, -0.25) is 4.79 Å². The van der Waals surface area contributed by atoms with E-state index in [0.29, 0.717) is 57.6 Å². The van der Waals surface area contributed by atoms with E-state index in [1.807, 2.05) is 29.8 Å². The molecule has 0 bridgehead atoms. The third-order valence-electron chi connectivity index (χ3n) is 9.88. The molecule has 6 rings (SSSR count). The SMILES string of the molecule is Cn1c(Nc2c(Cl)ccc(CNCC(C)(C)C)c2Cl)nc2cc(C(=O)NC3CCC(C(F)(F)F)CC3)c(N3CCC4(CC4)C3)cc21. The lowest BCUT2D eigenvalue weighted by atomic mass is 9.85. The number of fused-ring (bicyclic) bond motifs is 1. The van der Waals surface area contributed by atoms with Crippen molar-refractivity contribution in [1.29, 1.82) is 0 Å². The normalized spacial score (nSPS) is 21.3. The van der Waals surface area contributed by atoms with Gasteiger partial charge < -0.3 is 25.4 Å². The predicted molar refractivity (Wildman–Crippen MR) is 179 cm³/mol. The smallest absolute Gasteiger partial charge is 0.370 e. The number of aryl methyl sites for hydroxylation is 1. The number of amides is 1. The average molecular weight is 680 g/mol. The molecule has 1 aromatic heterocycles. The fraction of sp³-hybridized carbons (Fsp3) is 0.588. The molecule has 0 unspecified atom stereocenters. The molecule has 1 amide bonds. The molecular formula is C34H43Cl2F3N6O. The number of carbonyl (C=O) groups is 1.